The molecule has 2 unspecified atom stereocenters. The maximum absolute atomic E-state index is 12.3. The van der Waals surface area contributed by atoms with E-state index < -0.39 is 0 Å². The first-order valence-electron chi connectivity index (χ1n) is 9.43. The number of benzene rings is 1. The lowest BCUT2D eigenvalue weighted by Crippen LogP contribution is -2.34. The molecule has 24 heavy (non-hydrogen) atoms. The normalized spacial score (nSPS) is 25.4. The first kappa shape index (κ1) is 17.4. The quantitative estimate of drug-likeness (QED) is 0.865. The smallest absolute Gasteiger partial charge is 0.227 e. The number of carbonyl (C=O) groups excluding carboxylic acids is 1. The monoisotopic (exact) mass is 330 g/mol. The van der Waals surface area contributed by atoms with E-state index >= 15 is 0 Å². The zero-order chi connectivity index (χ0) is 16.8. The molecule has 2 fully saturated rings. The molecule has 2 N–H and O–H groups in total. The number of ether oxygens (including phenoxy) is 1. The number of hydrogen-bond acceptors (Lipinski definition) is 3. The Hall–Kier alpha value is -1.39. The zero-order valence-electron chi connectivity index (χ0n) is 14.7. The van der Waals surface area contributed by atoms with Gasteiger partial charge in [-0.15, -0.1) is 0 Å². The average molecular weight is 330 g/mol. The molecule has 1 saturated heterocycles. The third kappa shape index (κ3) is 5.05. The predicted octanol–water partition coefficient (Wildman–Crippen LogP) is 3.72. The van der Waals surface area contributed by atoms with Crippen LogP contribution in [0.3, 0.4) is 0 Å². The third-order valence-corrected chi connectivity index (χ3v) is 5.28. The minimum Gasteiger partial charge on any atom is -0.374 e. The number of piperidine rings is 1. The van der Waals surface area contributed by atoms with Gasteiger partial charge in [-0.05, 0) is 62.4 Å². The summed E-state index contributed by atoms with van der Waals surface area (Å²) >= 11 is 0. The highest BCUT2D eigenvalue weighted by atomic mass is 16.5. The summed E-state index contributed by atoms with van der Waals surface area (Å²) in [5.41, 5.74) is 2.02. The van der Waals surface area contributed by atoms with Crippen molar-refractivity contribution in [2.45, 2.75) is 58.2 Å². The molecule has 1 heterocycles. The SMILES string of the molecule is CC1CCCC(OCc2cccc(NC(=O)C3CCNCC3)c2)C1. The fraction of sp³-hybridized carbons (Fsp3) is 0.650. The van der Waals surface area contributed by atoms with Gasteiger partial charge in [0.15, 0.2) is 0 Å². The van der Waals surface area contributed by atoms with Gasteiger partial charge in [-0.25, -0.2) is 0 Å². The van der Waals surface area contributed by atoms with Crippen LogP contribution in [0.1, 0.15) is 51.0 Å². The Morgan fingerprint density at radius 3 is 2.88 bits per heavy atom. The number of nitrogens with one attached hydrogen (secondary N) is 2. The average Bonchev–Trinajstić information content (AvgIpc) is 2.61. The van der Waals surface area contributed by atoms with Crippen LogP contribution in [0.15, 0.2) is 24.3 Å². The Morgan fingerprint density at radius 1 is 1.25 bits per heavy atom. The predicted molar refractivity (Wildman–Crippen MR) is 96.9 cm³/mol. The van der Waals surface area contributed by atoms with E-state index in [0.717, 1.165) is 43.1 Å². The van der Waals surface area contributed by atoms with Gasteiger partial charge in [0.25, 0.3) is 0 Å². The van der Waals surface area contributed by atoms with Crippen molar-refractivity contribution in [2.24, 2.45) is 11.8 Å². The molecule has 1 aliphatic carbocycles. The van der Waals surface area contributed by atoms with Gasteiger partial charge < -0.3 is 15.4 Å². The van der Waals surface area contributed by atoms with Crippen molar-refractivity contribution < 1.29 is 9.53 Å². The molecule has 0 aromatic heterocycles. The van der Waals surface area contributed by atoms with Crippen LogP contribution in [0.2, 0.25) is 0 Å². The van der Waals surface area contributed by atoms with Crippen LogP contribution in [0, 0.1) is 11.8 Å². The van der Waals surface area contributed by atoms with Crippen LogP contribution in [-0.4, -0.2) is 25.1 Å². The fourth-order valence-electron chi connectivity index (χ4n) is 3.81. The van der Waals surface area contributed by atoms with E-state index in [4.69, 9.17) is 4.74 Å². The summed E-state index contributed by atoms with van der Waals surface area (Å²) in [6, 6.07) is 8.09. The van der Waals surface area contributed by atoms with E-state index in [9.17, 15) is 4.79 Å². The highest BCUT2D eigenvalue weighted by Crippen LogP contribution is 2.26. The Kier molecular flexibility index (Phi) is 6.27. The van der Waals surface area contributed by atoms with E-state index in [-0.39, 0.29) is 11.8 Å². The number of hydrogen-bond donors (Lipinski definition) is 2. The Labute approximate surface area is 145 Å². The van der Waals surface area contributed by atoms with Gasteiger partial charge in [-0.2, -0.15) is 0 Å². The van der Waals surface area contributed by atoms with E-state index in [1.165, 1.54) is 25.7 Å². The van der Waals surface area contributed by atoms with E-state index in [0.29, 0.717) is 12.7 Å². The van der Waals surface area contributed by atoms with Crippen molar-refractivity contribution in [1.29, 1.82) is 0 Å². The summed E-state index contributed by atoms with van der Waals surface area (Å²) < 4.78 is 6.09. The molecular weight excluding hydrogens is 300 g/mol. The summed E-state index contributed by atoms with van der Waals surface area (Å²) in [7, 11) is 0. The lowest BCUT2D eigenvalue weighted by Gasteiger charge is -2.26. The van der Waals surface area contributed by atoms with Crippen LogP contribution >= 0.6 is 0 Å². The molecule has 2 aliphatic rings. The van der Waals surface area contributed by atoms with Gasteiger partial charge >= 0.3 is 0 Å². The summed E-state index contributed by atoms with van der Waals surface area (Å²) in [4.78, 5) is 12.3. The molecule has 1 aromatic rings. The Balaban J connectivity index is 1.50. The zero-order valence-corrected chi connectivity index (χ0v) is 14.7. The summed E-state index contributed by atoms with van der Waals surface area (Å²) in [6.45, 7) is 4.82. The van der Waals surface area contributed by atoms with Crippen LogP contribution in [0.25, 0.3) is 0 Å². The van der Waals surface area contributed by atoms with Crippen LogP contribution in [0.4, 0.5) is 5.69 Å². The van der Waals surface area contributed by atoms with Gasteiger partial charge in [0, 0.05) is 11.6 Å². The van der Waals surface area contributed by atoms with Crippen molar-refractivity contribution >= 4 is 11.6 Å². The highest BCUT2D eigenvalue weighted by Gasteiger charge is 2.21. The molecule has 0 bridgehead atoms. The molecular formula is C20H30N2O2. The van der Waals surface area contributed by atoms with Crippen molar-refractivity contribution in [1.82, 2.24) is 5.32 Å². The minimum atomic E-state index is 0.134. The molecule has 1 saturated carbocycles. The lowest BCUT2D eigenvalue weighted by atomic mass is 9.89. The lowest BCUT2D eigenvalue weighted by molar-refractivity contribution is -0.120. The van der Waals surface area contributed by atoms with E-state index in [2.05, 4.69) is 23.6 Å². The van der Waals surface area contributed by atoms with E-state index in [1.54, 1.807) is 0 Å². The maximum atomic E-state index is 12.3. The van der Waals surface area contributed by atoms with Gasteiger partial charge in [0.05, 0.1) is 12.7 Å². The molecule has 3 rings (SSSR count). The molecule has 0 spiro atoms. The Bertz CT molecular complexity index is 540. The number of carbonyl (C=O) groups is 1. The van der Waals surface area contributed by atoms with Crippen LogP contribution in [-0.2, 0) is 16.1 Å². The van der Waals surface area contributed by atoms with Crippen molar-refractivity contribution in [3.8, 4) is 0 Å². The van der Waals surface area contributed by atoms with Crippen molar-refractivity contribution in [3.63, 3.8) is 0 Å². The third-order valence-electron chi connectivity index (χ3n) is 5.28. The summed E-state index contributed by atoms with van der Waals surface area (Å²) in [6.07, 6.45) is 7.20. The van der Waals surface area contributed by atoms with Gasteiger partial charge in [0.2, 0.25) is 5.91 Å². The standard InChI is InChI=1S/C20H30N2O2/c1-15-4-2-7-19(12-15)24-14-16-5-3-6-18(13-16)22-20(23)17-8-10-21-11-9-17/h3,5-6,13,15,17,19,21H,2,4,7-12,14H2,1H3,(H,22,23). The van der Waals surface area contributed by atoms with Crippen molar-refractivity contribution in [2.75, 3.05) is 18.4 Å². The minimum absolute atomic E-state index is 0.134. The second-order valence-corrected chi connectivity index (χ2v) is 7.42. The maximum Gasteiger partial charge on any atom is 0.227 e. The second kappa shape index (κ2) is 8.63. The number of anilines is 1. The molecule has 4 nitrogen and oxygen atoms in total. The van der Waals surface area contributed by atoms with Crippen LogP contribution in [0.5, 0.6) is 0 Å². The summed E-state index contributed by atoms with van der Waals surface area (Å²) in [5.74, 6) is 1.06. The molecule has 132 valence electrons. The molecule has 4 heteroatoms. The van der Waals surface area contributed by atoms with Crippen molar-refractivity contribution in [3.05, 3.63) is 29.8 Å². The first-order valence-corrected chi connectivity index (χ1v) is 9.43. The molecule has 1 aliphatic heterocycles. The van der Waals surface area contributed by atoms with E-state index in [1.807, 2.05) is 18.2 Å². The first-order chi connectivity index (χ1) is 11.7. The van der Waals surface area contributed by atoms with Gasteiger partial charge in [-0.1, -0.05) is 31.9 Å². The molecule has 2 atom stereocenters. The summed E-state index contributed by atoms with van der Waals surface area (Å²) in [5, 5.41) is 6.37. The largest absolute Gasteiger partial charge is 0.374 e. The van der Waals surface area contributed by atoms with Gasteiger partial charge in [-0.3, -0.25) is 4.79 Å². The topological polar surface area (TPSA) is 50.4 Å². The highest BCUT2D eigenvalue weighted by molar-refractivity contribution is 5.92. The molecule has 0 radical (unpaired) electrons. The number of amides is 1. The second-order valence-electron chi connectivity index (χ2n) is 7.42. The Morgan fingerprint density at radius 2 is 2.08 bits per heavy atom. The number of rotatable bonds is 5. The van der Waals surface area contributed by atoms with Gasteiger partial charge in [0.1, 0.15) is 0 Å². The molecule has 1 aromatic carbocycles. The fourth-order valence-corrected chi connectivity index (χ4v) is 3.81. The molecule has 1 amide bonds. The van der Waals surface area contributed by atoms with Crippen LogP contribution < -0.4 is 10.6 Å².